The van der Waals surface area contributed by atoms with Gasteiger partial charge in [-0.3, -0.25) is 9.63 Å². The number of amides is 1. The first-order valence-electron chi connectivity index (χ1n) is 7.55. The van der Waals surface area contributed by atoms with Crippen LogP contribution in [0.4, 0.5) is 13.2 Å². The van der Waals surface area contributed by atoms with Crippen molar-refractivity contribution in [2.75, 3.05) is 7.11 Å². The summed E-state index contributed by atoms with van der Waals surface area (Å²) < 4.78 is 41.6. The number of hydroxylamine groups is 2. The number of benzene rings is 1. The second-order valence-electron chi connectivity index (χ2n) is 5.43. The molecule has 0 unspecified atom stereocenters. The van der Waals surface area contributed by atoms with Crippen LogP contribution in [0.1, 0.15) is 31.2 Å². The number of carbonyl (C=O) groups is 2. The Bertz CT molecular complexity index is 772. The standard InChI is InChI=1S/C16H16F3N3O4/c1-10(23)3-8-13(24)22(25-2)9-11-4-6-12(7-5-11)14-20-15(26-21-14)16(17,18)19/h4-7H,3,8-9H2,1-2H3. The van der Waals surface area contributed by atoms with Gasteiger partial charge >= 0.3 is 12.1 Å². The van der Waals surface area contributed by atoms with E-state index in [0.717, 1.165) is 5.06 Å². The van der Waals surface area contributed by atoms with E-state index in [-0.39, 0.29) is 36.9 Å². The maximum Gasteiger partial charge on any atom is 0.471 e. The van der Waals surface area contributed by atoms with Crippen molar-refractivity contribution in [1.82, 2.24) is 15.2 Å². The van der Waals surface area contributed by atoms with Gasteiger partial charge in [-0.25, -0.2) is 5.06 Å². The van der Waals surface area contributed by atoms with E-state index in [2.05, 4.69) is 14.7 Å². The van der Waals surface area contributed by atoms with E-state index in [1.165, 1.54) is 26.2 Å². The fourth-order valence-corrected chi connectivity index (χ4v) is 2.04. The molecule has 1 aromatic heterocycles. The monoisotopic (exact) mass is 371 g/mol. The number of hydrogen-bond acceptors (Lipinski definition) is 6. The van der Waals surface area contributed by atoms with Crippen molar-refractivity contribution < 1.29 is 32.1 Å². The van der Waals surface area contributed by atoms with E-state index < -0.39 is 12.1 Å². The van der Waals surface area contributed by atoms with Gasteiger partial charge in [0.2, 0.25) is 11.7 Å². The summed E-state index contributed by atoms with van der Waals surface area (Å²) in [4.78, 5) is 31.2. The summed E-state index contributed by atoms with van der Waals surface area (Å²) in [5.74, 6) is -2.06. The lowest BCUT2D eigenvalue weighted by molar-refractivity contribution is -0.179. The van der Waals surface area contributed by atoms with E-state index in [1.807, 2.05) is 0 Å². The van der Waals surface area contributed by atoms with Crippen LogP contribution in [-0.2, 0) is 27.1 Å². The lowest BCUT2D eigenvalue weighted by atomic mass is 10.1. The fraction of sp³-hybridized carbons (Fsp3) is 0.375. The Hall–Kier alpha value is -2.75. The van der Waals surface area contributed by atoms with Crippen LogP contribution < -0.4 is 0 Å². The average molecular weight is 371 g/mol. The van der Waals surface area contributed by atoms with Crippen LogP contribution >= 0.6 is 0 Å². The van der Waals surface area contributed by atoms with Crippen molar-refractivity contribution in [2.24, 2.45) is 0 Å². The number of rotatable bonds is 7. The molecule has 0 fully saturated rings. The molecule has 2 rings (SSSR count). The number of halogens is 3. The first kappa shape index (κ1) is 19.6. The van der Waals surface area contributed by atoms with Gasteiger partial charge in [0, 0.05) is 18.4 Å². The summed E-state index contributed by atoms with van der Waals surface area (Å²) in [6, 6.07) is 6.22. The lowest BCUT2D eigenvalue weighted by Gasteiger charge is -2.19. The van der Waals surface area contributed by atoms with Gasteiger partial charge in [0.15, 0.2) is 0 Å². The Kier molecular flexibility index (Phi) is 6.09. The minimum absolute atomic E-state index is 0.0321. The summed E-state index contributed by atoms with van der Waals surface area (Å²) in [5, 5.41) is 4.41. The Labute approximate surface area is 146 Å². The number of carbonyl (C=O) groups excluding carboxylic acids is 2. The molecule has 10 heteroatoms. The lowest BCUT2D eigenvalue weighted by Crippen LogP contribution is -2.29. The van der Waals surface area contributed by atoms with E-state index in [4.69, 9.17) is 4.84 Å². The van der Waals surface area contributed by atoms with Crippen LogP contribution in [0.25, 0.3) is 11.4 Å². The summed E-state index contributed by atoms with van der Waals surface area (Å²) >= 11 is 0. The molecule has 0 spiro atoms. The Balaban J connectivity index is 2.05. The van der Waals surface area contributed by atoms with Gasteiger partial charge in [0.1, 0.15) is 5.78 Å². The first-order valence-corrected chi connectivity index (χ1v) is 7.55. The molecule has 1 heterocycles. The van der Waals surface area contributed by atoms with Gasteiger partial charge in [-0.2, -0.15) is 18.2 Å². The minimum Gasteiger partial charge on any atom is -0.329 e. The summed E-state index contributed by atoms with van der Waals surface area (Å²) in [6.45, 7) is 1.51. The number of hydrogen-bond donors (Lipinski definition) is 0. The van der Waals surface area contributed by atoms with Crippen molar-refractivity contribution in [1.29, 1.82) is 0 Å². The molecule has 26 heavy (non-hydrogen) atoms. The van der Waals surface area contributed by atoms with E-state index in [1.54, 1.807) is 12.1 Å². The van der Waals surface area contributed by atoms with Crippen molar-refractivity contribution in [3.63, 3.8) is 0 Å². The molecule has 1 amide bonds. The summed E-state index contributed by atoms with van der Waals surface area (Å²) in [6.07, 6.45) is -4.55. The second-order valence-corrected chi connectivity index (χ2v) is 5.43. The van der Waals surface area contributed by atoms with Gasteiger partial charge < -0.3 is 9.32 Å². The number of nitrogens with zero attached hydrogens (tertiary/aromatic N) is 3. The molecule has 0 aliphatic heterocycles. The predicted octanol–water partition coefficient (Wildman–Crippen LogP) is 3.01. The third-order valence-electron chi connectivity index (χ3n) is 3.40. The van der Waals surface area contributed by atoms with Crippen LogP contribution in [0.15, 0.2) is 28.8 Å². The van der Waals surface area contributed by atoms with Crippen molar-refractivity contribution >= 4 is 11.7 Å². The molecule has 0 atom stereocenters. The SMILES string of the molecule is CON(Cc1ccc(-c2noc(C(F)(F)F)n2)cc1)C(=O)CCC(C)=O. The van der Waals surface area contributed by atoms with Crippen LogP contribution in [-0.4, -0.2) is 34.0 Å². The number of ketones is 1. The van der Waals surface area contributed by atoms with Crippen LogP contribution in [0.5, 0.6) is 0 Å². The van der Waals surface area contributed by atoms with Gasteiger partial charge in [0.25, 0.3) is 0 Å². The van der Waals surface area contributed by atoms with E-state index in [9.17, 15) is 22.8 Å². The Morgan fingerprint density at radius 3 is 2.35 bits per heavy atom. The molecule has 2 aromatic rings. The molecule has 7 nitrogen and oxygen atoms in total. The molecule has 0 aliphatic carbocycles. The fourth-order valence-electron chi connectivity index (χ4n) is 2.04. The first-order chi connectivity index (χ1) is 12.2. The third-order valence-corrected chi connectivity index (χ3v) is 3.40. The van der Waals surface area contributed by atoms with Crippen LogP contribution in [0.3, 0.4) is 0 Å². The molecule has 0 saturated carbocycles. The highest BCUT2D eigenvalue weighted by molar-refractivity contribution is 5.83. The van der Waals surface area contributed by atoms with Crippen molar-refractivity contribution in [3.05, 3.63) is 35.7 Å². The van der Waals surface area contributed by atoms with Crippen molar-refractivity contribution in [3.8, 4) is 11.4 Å². The zero-order chi connectivity index (χ0) is 19.3. The highest BCUT2D eigenvalue weighted by Gasteiger charge is 2.38. The molecule has 0 bridgehead atoms. The van der Waals surface area contributed by atoms with Gasteiger partial charge in [-0.15, -0.1) is 0 Å². The topological polar surface area (TPSA) is 85.5 Å². The molecular weight excluding hydrogens is 355 g/mol. The zero-order valence-electron chi connectivity index (χ0n) is 14.0. The Morgan fingerprint density at radius 1 is 1.19 bits per heavy atom. The zero-order valence-corrected chi connectivity index (χ0v) is 14.0. The van der Waals surface area contributed by atoms with E-state index in [0.29, 0.717) is 11.1 Å². The Morgan fingerprint density at radius 2 is 1.85 bits per heavy atom. The highest BCUT2D eigenvalue weighted by atomic mass is 19.4. The van der Waals surface area contributed by atoms with Gasteiger partial charge in [-0.05, 0) is 12.5 Å². The molecule has 0 radical (unpaired) electrons. The summed E-state index contributed by atoms with van der Waals surface area (Å²) in [5.41, 5.74) is 1.01. The molecule has 140 valence electrons. The smallest absolute Gasteiger partial charge is 0.329 e. The quantitative estimate of drug-likeness (QED) is 0.696. The maximum absolute atomic E-state index is 12.5. The van der Waals surface area contributed by atoms with Gasteiger partial charge in [-0.1, -0.05) is 29.4 Å². The van der Waals surface area contributed by atoms with Gasteiger partial charge in [0.05, 0.1) is 13.7 Å². The number of aromatic nitrogens is 2. The normalized spacial score (nSPS) is 11.4. The van der Waals surface area contributed by atoms with Crippen LogP contribution in [0, 0.1) is 0 Å². The molecule has 0 N–H and O–H groups in total. The number of alkyl halides is 3. The highest BCUT2D eigenvalue weighted by Crippen LogP contribution is 2.29. The predicted molar refractivity (Wildman–Crippen MR) is 82.2 cm³/mol. The largest absolute Gasteiger partial charge is 0.471 e. The minimum atomic E-state index is -4.70. The molecule has 0 aliphatic rings. The molecule has 0 saturated heterocycles. The average Bonchev–Trinajstić information content (AvgIpc) is 3.08. The van der Waals surface area contributed by atoms with Crippen molar-refractivity contribution in [2.45, 2.75) is 32.5 Å². The summed E-state index contributed by atoms with van der Waals surface area (Å²) in [7, 11) is 1.33. The van der Waals surface area contributed by atoms with E-state index >= 15 is 0 Å². The third kappa shape index (κ3) is 5.12. The van der Waals surface area contributed by atoms with Crippen LogP contribution in [0.2, 0.25) is 0 Å². The maximum atomic E-state index is 12.5. The molecule has 1 aromatic carbocycles. The second kappa shape index (κ2) is 8.09. The molecular formula is C16H16F3N3O4. The number of Topliss-reactive ketones (excluding diaryl/α,β-unsaturated/α-hetero) is 1.